The van der Waals surface area contributed by atoms with Crippen molar-refractivity contribution in [3.63, 3.8) is 0 Å². The van der Waals surface area contributed by atoms with Gasteiger partial charge in [0.25, 0.3) is 0 Å². The van der Waals surface area contributed by atoms with Gasteiger partial charge in [-0.25, -0.2) is 0 Å². The Morgan fingerprint density at radius 3 is 2.27 bits per heavy atom. The molecule has 0 fully saturated rings. The number of primary amides is 1. The summed E-state index contributed by atoms with van der Waals surface area (Å²) in [4.78, 5) is 27.4. The van der Waals surface area contributed by atoms with Crippen molar-refractivity contribution >= 4 is 36.0 Å². The van der Waals surface area contributed by atoms with Crippen molar-refractivity contribution in [2.45, 2.75) is 37.8 Å². The molecule has 0 spiro atoms. The van der Waals surface area contributed by atoms with Gasteiger partial charge in [0, 0.05) is 6.54 Å². The van der Waals surface area contributed by atoms with E-state index >= 15 is 0 Å². The topological polar surface area (TPSA) is 127 Å². The maximum Gasteiger partial charge on any atom is 0.240 e. The number of phenols is 1. The Balaban J connectivity index is 0.00000512. The molecule has 0 heterocycles. The van der Waals surface area contributed by atoms with E-state index in [0.29, 0.717) is 19.4 Å². The fraction of sp³-hybridized carbons (Fsp3) is 0.417. The van der Waals surface area contributed by atoms with Crippen molar-refractivity contribution < 1.29 is 20.2 Å². The first-order valence-corrected chi connectivity index (χ1v) is 11.9. The van der Waals surface area contributed by atoms with Crippen LogP contribution in [0.15, 0.2) is 54.6 Å². The van der Waals surface area contributed by atoms with Gasteiger partial charge in [-0.2, -0.15) is 11.8 Å². The molecule has 184 valence electrons. The maximum absolute atomic E-state index is 13.5. The molecule has 0 bridgehead atoms. The number of nitrogens with one attached hydrogen (secondary N) is 1. The standard InChI is InChI=1S/C24H33N3O3S.ClH.H2O/c1-26-21(17-19-10-12-20(28)13-11-19)24(30)27(22(23(25)29)14-16-31-2)15-6-9-18-7-4-3-5-8-18;;/h3-5,7-8,10-13,21-22,26,28H,6,9,14-17H2,1-2H3,(H2,25,29);1H;1H2/t21-,22+;;/m0../s1. The first-order valence-electron chi connectivity index (χ1n) is 10.5. The summed E-state index contributed by atoms with van der Waals surface area (Å²) in [5.41, 5.74) is 7.84. The molecule has 2 amide bonds. The van der Waals surface area contributed by atoms with Crippen LogP contribution in [0.1, 0.15) is 24.0 Å². The zero-order valence-corrected chi connectivity index (χ0v) is 20.8. The second-order valence-corrected chi connectivity index (χ2v) is 8.52. The van der Waals surface area contributed by atoms with Crippen LogP contribution in [0.2, 0.25) is 0 Å². The lowest BCUT2D eigenvalue weighted by molar-refractivity contribution is -0.141. The Labute approximate surface area is 206 Å². The van der Waals surface area contributed by atoms with Gasteiger partial charge in [0.15, 0.2) is 0 Å². The van der Waals surface area contributed by atoms with Crippen LogP contribution in [0.25, 0.3) is 0 Å². The zero-order valence-electron chi connectivity index (χ0n) is 19.2. The number of nitrogens with two attached hydrogens (primary N) is 1. The summed E-state index contributed by atoms with van der Waals surface area (Å²) in [5, 5.41) is 12.6. The monoisotopic (exact) mass is 497 g/mol. The lowest BCUT2D eigenvalue weighted by Gasteiger charge is -2.33. The molecule has 33 heavy (non-hydrogen) atoms. The van der Waals surface area contributed by atoms with Gasteiger partial charge < -0.3 is 26.5 Å². The molecule has 0 aliphatic carbocycles. The van der Waals surface area contributed by atoms with Crippen molar-refractivity contribution in [3.05, 3.63) is 65.7 Å². The fourth-order valence-corrected chi connectivity index (χ4v) is 4.04. The predicted molar refractivity (Wildman–Crippen MR) is 138 cm³/mol. The van der Waals surface area contributed by atoms with E-state index in [-0.39, 0.29) is 29.5 Å². The number of likely N-dealkylation sites (N-methyl/N-ethyl adjacent to an activating group) is 1. The van der Waals surface area contributed by atoms with Crippen LogP contribution < -0.4 is 11.1 Å². The Morgan fingerprint density at radius 2 is 1.73 bits per heavy atom. The summed E-state index contributed by atoms with van der Waals surface area (Å²) in [6.45, 7) is 0.462. The molecule has 0 aromatic heterocycles. The molecule has 9 heteroatoms. The van der Waals surface area contributed by atoms with E-state index in [9.17, 15) is 14.7 Å². The fourth-order valence-electron chi connectivity index (χ4n) is 3.58. The largest absolute Gasteiger partial charge is 0.508 e. The number of amides is 2. The Hall–Kier alpha value is -2.26. The lowest BCUT2D eigenvalue weighted by Crippen LogP contribution is -2.55. The number of thioether (sulfide) groups is 1. The SMILES string of the molecule is CN[C@@H](Cc1ccc(O)cc1)C(=O)N(CCCc1ccccc1)[C@H](CCSC)C(N)=O.Cl.O. The minimum absolute atomic E-state index is 0. The van der Waals surface area contributed by atoms with Crippen molar-refractivity contribution in [3.8, 4) is 5.75 Å². The molecule has 2 aromatic rings. The van der Waals surface area contributed by atoms with Crippen LogP contribution in [0, 0.1) is 0 Å². The number of nitrogens with zero attached hydrogens (tertiary/aromatic N) is 1. The number of carbonyl (C=O) groups excluding carboxylic acids is 2. The number of carbonyl (C=O) groups is 2. The third-order valence-corrected chi connectivity index (χ3v) is 5.96. The van der Waals surface area contributed by atoms with E-state index in [1.165, 1.54) is 5.56 Å². The number of hydrogen-bond acceptors (Lipinski definition) is 5. The predicted octanol–water partition coefficient (Wildman–Crippen LogP) is 2.19. The molecule has 0 saturated heterocycles. The molecular weight excluding hydrogens is 462 g/mol. The Morgan fingerprint density at radius 1 is 1.09 bits per heavy atom. The molecule has 0 unspecified atom stereocenters. The maximum atomic E-state index is 13.5. The van der Waals surface area contributed by atoms with Gasteiger partial charge in [-0.1, -0.05) is 42.5 Å². The summed E-state index contributed by atoms with van der Waals surface area (Å²) in [6, 6.07) is 15.8. The van der Waals surface area contributed by atoms with Gasteiger partial charge in [-0.15, -0.1) is 12.4 Å². The summed E-state index contributed by atoms with van der Waals surface area (Å²) < 4.78 is 0. The third kappa shape index (κ3) is 10.0. The molecule has 0 radical (unpaired) electrons. The third-order valence-electron chi connectivity index (χ3n) is 5.31. The van der Waals surface area contributed by atoms with Gasteiger partial charge >= 0.3 is 0 Å². The first-order chi connectivity index (χ1) is 15.0. The van der Waals surface area contributed by atoms with E-state index in [1.807, 2.05) is 24.5 Å². The number of phenolic OH excluding ortho intramolecular Hbond substituents is 1. The van der Waals surface area contributed by atoms with E-state index in [0.717, 1.165) is 24.2 Å². The van der Waals surface area contributed by atoms with E-state index < -0.39 is 18.0 Å². The van der Waals surface area contributed by atoms with E-state index in [1.54, 1.807) is 48.0 Å². The van der Waals surface area contributed by atoms with E-state index in [2.05, 4.69) is 17.4 Å². The normalized spacial score (nSPS) is 12.1. The lowest BCUT2D eigenvalue weighted by atomic mass is 10.0. The van der Waals surface area contributed by atoms with Crippen molar-refractivity contribution in [1.82, 2.24) is 10.2 Å². The molecule has 2 rings (SSSR count). The van der Waals surface area contributed by atoms with Crippen LogP contribution in [0.3, 0.4) is 0 Å². The van der Waals surface area contributed by atoms with Crippen molar-refractivity contribution in [2.24, 2.45) is 5.73 Å². The molecule has 7 nitrogen and oxygen atoms in total. The number of aromatic hydroxyl groups is 1. The minimum atomic E-state index is -0.633. The average molecular weight is 498 g/mol. The second-order valence-electron chi connectivity index (χ2n) is 7.53. The highest BCUT2D eigenvalue weighted by molar-refractivity contribution is 7.98. The Kier molecular flexibility index (Phi) is 15.2. The molecule has 6 N–H and O–H groups in total. The molecule has 2 aromatic carbocycles. The molecule has 0 aliphatic rings. The van der Waals surface area contributed by atoms with Crippen LogP contribution in [-0.2, 0) is 22.4 Å². The summed E-state index contributed by atoms with van der Waals surface area (Å²) in [7, 11) is 1.74. The molecule has 2 atom stereocenters. The number of rotatable bonds is 13. The quantitative estimate of drug-likeness (QED) is 0.391. The van der Waals surface area contributed by atoms with Crippen LogP contribution in [0.4, 0.5) is 0 Å². The number of benzene rings is 2. The highest BCUT2D eigenvalue weighted by Gasteiger charge is 2.31. The first kappa shape index (κ1) is 30.7. The van der Waals surface area contributed by atoms with Crippen molar-refractivity contribution in [2.75, 3.05) is 25.6 Å². The minimum Gasteiger partial charge on any atom is -0.508 e. The number of aryl methyl sites for hydroxylation is 1. The number of halogens is 1. The van der Waals surface area contributed by atoms with Gasteiger partial charge in [-0.05, 0) is 68.0 Å². The van der Waals surface area contributed by atoms with E-state index in [4.69, 9.17) is 5.73 Å². The second kappa shape index (κ2) is 16.4. The van der Waals surface area contributed by atoms with Crippen LogP contribution >= 0.6 is 24.2 Å². The summed E-state index contributed by atoms with van der Waals surface area (Å²) in [5.74, 6) is 0.331. The highest BCUT2D eigenvalue weighted by atomic mass is 35.5. The van der Waals surface area contributed by atoms with Crippen LogP contribution in [-0.4, -0.2) is 65.0 Å². The molecular formula is C24H36ClN3O4S. The van der Waals surface area contributed by atoms with Gasteiger partial charge in [0.2, 0.25) is 11.8 Å². The molecule has 0 aliphatic heterocycles. The van der Waals surface area contributed by atoms with Gasteiger partial charge in [0.1, 0.15) is 11.8 Å². The highest BCUT2D eigenvalue weighted by Crippen LogP contribution is 2.16. The average Bonchev–Trinajstić information content (AvgIpc) is 2.77. The van der Waals surface area contributed by atoms with Crippen LogP contribution in [0.5, 0.6) is 5.75 Å². The number of hydrogen-bond donors (Lipinski definition) is 3. The van der Waals surface area contributed by atoms with Crippen molar-refractivity contribution in [1.29, 1.82) is 0 Å². The zero-order chi connectivity index (χ0) is 22.6. The van der Waals surface area contributed by atoms with Gasteiger partial charge in [0.05, 0.1) is 6.04 Å². The van der Waals surface area contributed by atoms with Gasteiger partial charge in [-0.3, -0.25) is 9.59 Å². The smallest absolute Gasteiger partial charge is 0.240 e. The summed E-state index contributed by atoms with van der Waals surface area (Å²) in [6.07, 6.45) is 4.53. The molecule has 0 saturated carbocycles. The Bertz CT molecular complexity index is 824. The summed E-state index contributed by atoms with van der Waals surface area (Å²) >= 11 is 1.63.